The van der Waals surface area contributed by atoms with Crippen LogP contribution in [0.3, 0.4) is 0 Å². The highest BCUT2D eigenvalue weighted by atomic mass is 16.5. The second-order valence-electron chi connectivity index (χ2n) is 43.1. The van der Waals surface area contributed by atoms with Gasteiger partial charge in [0.25, 0.3) is 0 Å². The largest absolute Gasteiger partial charge is 0.374 e. The van der Waals surface area contributed by atoms with E-state index in [0.717, 1.165) is 188 Å². The molecule has 36 atom stereocenters. The van der Waals surface area contributed by atoms with Crippen molar-refractivity contribution in [3.05, 3.63) is 48.6 Å². The fraction of sp³-hybridized carbons (Fsp3) is 0.918. The van der Waals surface area contributed by atoms with Gasteiger partial charge in [-0.25, -0.2) is 0 Å². The van der Waals surface area contributed by atoms with Gasteiger partial charge in [-0.2, -0.15) is 0 Å². The Morgan fingerprint density at radius 1 is 0.333 bits per heavy atom. The van der Waals surface area contributed by atoms with Gasteiger partial charge in [-0.15, -0.1) is 0 Å². The van der Waals surface area contributed by atoms with E-state index >= 15 is 0 Å². The molecular formula is C97H164O2. The predicted molar refractivity (Wildman–Crippen MR) is 425 cm³/mol. The molecule has 0 aromatic heterocycles. The van der Waals surface area contributed by atoms with E-state index < -0.39 is 0 Å². The molecule has 3 saturated heterocycles. The van der Waals surface area contributed by atoms with Gasteiger partial charge in [0.1, 0.15) is 0 Å². The first-order valence-corrected chi connectivity index (χ1v) is 45.0. The zero-order valence-corrected chi connectivity index (χ0v) is 69.3. The lowest BCUT2D eigenvalue weighted by Crippen LogP contribution is -2.49. The molecule has 20 bridgehead atoms. The molecule has 18 aliphatic carbocycles. The van der Waals surface area contributed by atoms with Crippen LogP contribution in [0.4, 0.5) is 0 Å². The molecule has 0 aromatic carbocycles. The highest BCUT2D eigenvalue weighted by Gasteiger charge is 2.64. The molecule has 4 aliphatic heterocycles. The molecule has 0 amide bonds. The van der Waals surface area contributed by atoms with E-state index in [2.05, 4.69) is 201 Å². The van der Waals surface area contributed by atoms with Crippen molar-refractivity contribution in [2.24, 2.45) is 217 Å². The predicted octanol–water partition coefficient (Wildman–Crippen LogP) is 27.4. The van der Waals surface area contributed by atoms with Gasteiger partial charge in [-0.05, 0) is 346 Å². The maximum Gasteiger partial charge on any atom is 0.0794 e. The molecule has 4 heterocycles. The van der Waals surface area contributed by atoms with E-state index in [-0.39, 0.29) is 0 Å². The summed E-state index contributed by atoms with van der Waals surface area (Å²) < 4.78 is 11.3. The smallest absolute Gasteiger partial charge is 0.0794 e. The number of hydrogen-bond donors (Lipinski definition) is 0. The molecule has 2 nitrogen and oxygen atoms in total. The van der Waals surface area contributed by atoms with Gasteiger partial charge < -0.3 is 9.47 Å². The summed E-state index contributed by atoms with van der Waals surface area (Å²) in [5.74, 6) is 34.9. The molecule has 0 spiro atoms. The van der Waals surface area contributed by atoms with Gasteiger partial charge in [0.2, 0.25) is 0 Å². The number of allylic oxidation sites excluding steroid dienone is 6. The SMILES string of the molecule is CC12CC3CC(C1)CC(C)(C3)C2.CCC(C)(C)CC.C[C@@H]1C2C=CC(C2)[C@@H]1C.C[C@@H]1C2C=CC(O2)[C@@H]1C.C[C@@H]1C2CC(C3C4C=CC(C4)C32)[C@@H]1C.C[C@@H]1C2CC(C3C4CCC(C4)C32)[C@@H]1C.C[C@@H]1C2CCC(C2)[C@@H]1C.C[C@@H]1C2CCC(O2)[C@@H]1C.C[C@@H]1CC=CC[C@@H]1C.C[C@@H]1CCCC[C@@H]1C. The number of rotatable bonds is 2. The number of fused-ring (bicyclic) bond motifs is 26. The van der Waals surface area contributed by atoms with Crippen molar-refractivity contribution >= 4 is 0 Å². The highest BCUT2D eigenvalue weighted by Crippen LogP contribution is 2.71. The number of hydrogen-bond acceptors (Lipinski definition) is 2. The van der Waals surface area contributed by atoms with Gasteiger partial charge in [-0.3, -0.25) is 0 Å². The molecule has 0 radical (unpaired) electrons. The van der Waals surface area contributed by atoms with E-state index in [1.165, 1.54) is 120 Å². The van der Waals surface area contributed by atoms with Crippen molar-refractivity contribution < 1.29 is 9.47 Å². The summed E-state index contributed by atoms with van der Waals surface area (Å²) >= 11 is 0. The summed E-state index contributed by atoms with van der Waals surface area (Å²) in [4.78, 5) is 0. The van der Waals surface area contributed by atoms with E-state index in [0.29, 0.717) is 29.8 Å². The average Bonchev–Trinajstić information content (AvgIpc) is 1.55. The molecular weight excluding hydrogens is 1200 g/mol. The third kappa shape index (κ3) is 16.4. The summed E-state index contributed by atoms with van der Waals surface area (Å²) in [5, 5.41) is 0. The minimum Gasteiger partial charge on any atom is -0.374 e. The summed E-state index contributed by atoms with van der Waals surface area (Å²) in [7, 11) is 0. The van der Waals surface area contributed by atoms with Crippen LogP contribution in [0, 0.1) is 217 Å². The first kappa shape index (κ1) is 77.5. The van der Waals surface area contributed by atoms with E-state index in [9.17, 15) is 0 Å². The third-order valence-electron chi connectivity index (χ3n) is 37.2. The molecule has 22 aliphatic rings. The van der Waals surface area contributed by atoms with Crippen LogP contribution in [-0.2, 0) is 9.47 Å². The van der Waals surface area contributed by atoms with Gasteiger partial charge in [0, 0.05) is 0 Å². The first-order valence-electron chi connectivity index (χ1n) is 45.0. The van der Waals surface area contributed by atoms with Crippen LogP contribution in [0.25, 0.3) is 0 Å². The van der Waals surface area contributed by atoms with E-state index in [1.807, 2.05) is 0 Å². The maximum absolute atomic E-state index is 5.70. The lowest BCUT2D eigenvalue weighted by atomic mass is 9.45. The van der Waals surface area contributed by atoms with Crippen LogP contribution in [0.5, 0.6) is 0 Å². The normalized spacial score (nSPS) is 54.3. The van der Waals surface area contributed by atoms with Crippen LogP contribution < -0.4 is 0 Å². The molecule has 564 valence electrons. The van der Waals surface area contributed by atoms with Gasteiger partial charge in [0.05, 0.1) is 24.4 Å². The van der Waals surface area contributed by atoms with Crippen LogP contribution in [0.2, 0.25) is 0 Å². The Hall–Kier alpha value is -1.12. The molecule has 2 heteroatoms. The molecule has 0 aromatic rings. The average molecular weight is 1360 g/mol. The second kappa shape index (κ2) is 32.0. The van der Waals surface area contributed by atoms with Crippen molar-refractivity contribution in [2.75, 3.05) is 0 Å². The summed E-state index contributed by atoms with van der Waals surface area (Å²) in [6.07, 6.45) is 59.6. The fourth-order valence-corrected chi connectivity index (χ4v) is 28.9. The molecule has 99 heavy (non-hydrogen) atoms. The lowest BCUT2D eigenvalue weighted by Gasteiger charge is -2.60. The molecule has 18 fully saturated rings. The monoisotopic (exact) mass is 1360 g/mol. The Morgan fingerprint density at radius 3 is 0.980 bits per heavy atom. The summed E-state index contributed by atoms with van der Waals surface area (Å²) in [5.41, 5.74) is 2.11. The quantitative estimate of drug-likeness (QED) is 0.203. The minimum absolute atomic E-state index is 0.435. The van der Waals surface area contributed by atoms with Crippen molar-refractivity contribution in [1.82, 2.24) is 0 Å². The molecule has 20 unspecified atom stereocenters. The first-order chi connectivity index (χ1) is 47.0. The Kier molecular flexibility index (Phi) is 25.0. The summed E-state index contributed by atoms with van der Waals surface area (Å²) in [6.45, 7) is 52.5. The van der Waals surface area contributed by atoms with Crippen molar-refractivity contribution in [2.45, 2.75) is 344 Å². The van der Waals surface area contributed by atoms with Crippen LogP contribution in [0.1, 0.15) is 319 Å². The Morgan fingerprint density at radius 2 is 0.697 bits per heavy atom. The second-order valence-corrected chi connectivity index (χ2v) is 43.1. The molecule has 22 rings (SSSR count). The third-order valence-corrected chi connectivity index (χ3v) is 37.2. The maximum atomic E-state index is 5.70. The highest BCUT2D eigenvalue weighted by molar-refractivity contribution is 5.22. The van der Waals surface area contributed by atoms with Crippen LogP contribution in [-0.4, -0.2) is 24.4 Å². The standard InChI is InChI=1S/C14H22.C14H20.C12H20.C9H16.C9H14.C8H14O.C8H12O.C8H16.C8H14.C7H16/c2*1-7-8(2)12-6-11(7)13-9-3-4-10(5-9)14(12)13;1-11-4-9-3-10(5-11)7-12(2,6-9)8-11;2*1-6-7(2)9-4-3-8(6)5-9;2*1-5-6(2)8-4-3-7(5)9-8;2*1-7-5-3-4-6-8(7)2;1-5-7(3,4)6-2/h7-14H,3-6H2,1-2H3;3-4,7-14H,5-6H2,1-2H3;9-10H,3-8H2,1-2H3;6-9H,3-5H2,1-2H3;3-4,6-9H,5H2,1-2H3;5-8H,3-4H2,1-2H3;3-8H,1-2H3;7-8H,3-6H2,1-2H3;3-4,7-8H,5-6H2,1-2H3;5-6H2,1-4H3/t2*7-,8+,9?,10?,11?,12?,13?,14?;;2*6-,7+,8?,9?;2*5-,6+,7?,8?;2*7-,8+;. The minimum atomic E-state index is 0.435. The zero-order chi connectivity index (χ0) is 70.9. The van der Waals surface area contributed by atoms with Gasteiger partial charge in [-0.1, -0.05) is 239 Å². The van der Waals surface area contributed by atoms with Crippen LogP contribution >= 0.6 is 0 Å². The lowest BCUT2D eigenvalue weighted by molar-refractivity contribution is -0.0920. The Balaban J connectivity index is 0.000000105. The molecule has 15 saturated carbocycles. The van der Waals surface area contributed by atoms with Gasteiger partial charge >= 0.3 is 0 Å². The Labute approximate surface area is 615 Å². The Bertz CT molecular complexity index is 2440. The van der Waals surface area contributed by atoms with Crippen molar-refractivity contribution in [3.63, 3.8) is 0 Å². The number of ether oxygens (including phenoxy) is 2. The fourth-order valence-electron chi connectivity index (χ4n) is 28.9. The zero-order valence-electron chi connectivity index (χ0n) is 69.3. The van der Waals surface area contributed by atoms with Crippen molar-refractivity contribution in [1.29, 1.82) is 0 Å². The summed E-state index contributed by atoms with van der Waals surface area (Å²) in [6, 6.07) is 0. The van der Waals surface area contributed by atoms with E-state index in [1.54, 1.807) is 70.6 Å². The van der Waals surface area contributed by atoms with Crippen molar-refractivity contribution in [3.8, 4) is 0 Å². The van der Waals surface area contributed by atoms with Crippen LogP contribution in [0.15, 0.2) is 48.6 Å². The topological polar surface area (TPSA) is 18.5 Å². The molecule has 0 N–H and O–H groups in total. The van der Waals surface area contributed by atoms with E-state index in [4.69, 9.17) is 9.47 Å². The van der Waals surface area contributed by atoms with Gasteiger partial charge in [0.15, 0.2) is 0 Å².